The van der Waals surface area contributed by atoms with Crippen LogP contribution < -0.4 is 0 Å². The third kappa shape index (κ3) is 2.39. The number of aliphatic hydroxyl groups excluding tert-OH is 1. The van der Waals surface area contributed by atoms with E-state index in [4.69, 9.17) is 4.74 Å². The fourth-order valence-electron chi connectivity index (χ4n) is 1.94. The van der Waals surface area contributed by atoms with Gasteiger partial charge in [0.1, 0.15) is 17.7 Å². The van der Waals surface area contributed by atoms with Crippen LogP contribution in [0.5, 0.6) is 0 Å². The van der Waals surface area contributed by atoms with E-state index >= 15 is 0 Å². The molecule has 1 aliphatic carbocycles. The maximum absolute atomic E-state index is 13.0. The summed E-state index contributed by atoms with van der Waals surface area (Å²) >= 11 is 0. The van der Waals surface area contributed by atoms with Crippen molar-refractivity contribution in [2.24, 2.45) is 5.92 Å². The van der Waals surface area contributed by atoms with Gasteiger partial charge in [0.25, 0.3) is 0 Å². The van der Waals surface area contributed by atoms with Gasteiger partial charge in [0.05, 0.1) is 6.10 Å². The maximum atomic E-state index is 13.0. The molecule has 0 bridgehead atoms. The lowest BCUT2D eigenvalue weighted by Crippen LogP contribution is -2.23. The van der Waals surface area contributed by atoms with E-state index in [-0.39, 0.29) is 11.7 Å². The summed E-state index contributed by atoms with van der Waals surface area (Å²) in [5, 5.41) is 9.98. The standard InChI is InChI=1S/C12H14F2O2/c1-16-12(7-2-3-7)11(15)8-4-9(13)6-10(14)5-8/h4-7,11-12,15H,2-3H2,1H3. The van der Waals surface area contributed by atoms with Crippen molar-refractivity contribution in [1.29, 1.82) is 0 Å². The summed E-state index contributed by atoms with van der Waals surface area (Å²) in [5.41, 5.74) is 0.233. The molecule has 0 aromatic heterocycles. The largest absolute Gasteiger partial charge is 0.386 e. The molecule has 2 unspecified atom stereocenters. The van der Waals surface area contributed by atoms with Crippen LogP contribution in [0.4, 0.5) is 8.78 Å². The Morgan fingerprint density at radius 3 is 2.25 bits per heavy atom. The molecule has 1 aromatic rings. The van der Waals surface area contributed by atoms with Crippen LogP contribution in [0.1, 0.15) is 24.5 Å². The van der Waals surface area contributed by atoms with E-state index in [1.807, 2.05) is 0 Å². The Bertz CT molecular complexity index is 357. The summed E-state index contributed by atoms with van der Waals surface area (Å²) in [6, 6.07) is 3.07. The van der Waals surface area contributed by atoms with Crippen LogP contribution in [0.15, 0.2) is 18.2 Å². The first-order valence-electron chi connectivity index (χ1n) is 5.28. The van der Waals surface area contributed by atoms with Crippen LogP contribution in [0.2, 0.25) is 0 Å². The van der Waals surface area contributed by atoms with Crippen molar-refractivity contribution in [2.45, 2.75) is 25.0 Å². The Hall–Kier alpha value is -1.00. The fourth-order valence-corrected chi connectivity index (χ4v) is 1.94. The number of methoxy groups -OCH3 is 1. The van der Waals surface area contributed by atoms with Gasteiger partial charge in [0.15, 0.2) is 0 Å². The fraction of sp³-hybridized carbons (Fsp3) is 0.500. The first-order valence-corrected chi connectivity index (χ1v) is 5.28. The zero-order valence-corrected chi connectivity index (χ0v) is 8.99. The van der Waals surface area contributed by atoms with Gasteiger partial charge in [-0.1, -0.05) is 0 Å². The highest BCUT2D eigenvalue weighted by atomic mass is 19.1. The van der Waals surface area contributed by atoms with Crippen LogP contribution in [-0.2, 0) is 4.74 Å². The molecule has 0 radical (unpaired) electrons. The van der Waals surface area contributed by atoms with E-state index in [1.54, 1.807) is 0 Å². The zero-order valence-electron chi connectivity index (χ0n) is 8.99. The van der Waals surface area contributed by atoms with Crippen molar-refractivity contribution in [1.82, 2.24) is 0 Å². The zero-order chi connectivity index (χ0) is 11.7. The Morgan fingerprint density at radius 1 is 1.25 bits per heavy atom. The lowest BCUT2D eigenvalue weighted by molar-refractivity contribution is -0.0261. The van der Waals surface area contributed by atoms with Gasteiger partial charge in [0.2, 0.25) is 0 Å². The van der Waals surface area contributed by atoms with Crippen LogP contribution in [0.25, 0.3) is 0 Å². The van der Waals surface area contributed by atoms with E-state index in [1.165, 1.54) is 7.11 Å². The number of halogens is 2. The molecule has 1 saturated carbocycles. The molecule has 88 valence electrons. The molecule has 1 aromatic carbocycles. The Labute approximate surface area is 92.9 Å². The predicted octanol–water partition coefficient (Wildman–Crippen LogP) is 2.42. The number of hydrogen-bond donors (Lipinski definition) is 1. The van der Waals surface area contributed by atoms with Crippen LogP contribution in [0.3, 0.4) is 0 Å². The van der Waals surface area contributed by atoms with Crippen LogP contribution >= 0.6 is 0 Å². The molecule has 0 aliphatic heterocycles. The molecular weight excluding hydrogens is 214 g/mol. The van der Waals surface area contributed by atoms with Crippen LogP contribution in [0, 0.1) is 17.6 Å². The smallest absolute Gasteiger partial charge is 0.126 e. The second-order valence-electron chi connectivity index (χ2n) is 4.19. The summed E-state index contributed by atoms with van der Waals surface area (Å²) in [4.78, 5) is 0. The quantitative estimate of drug-likeness (QED) is 0.857. The molecule has 0 saturated heterocycles. The third-order valence-corrected chi connectivity index (χ3v) is 2.90. The van der Waals surface area contributed by atoms with Crippen molar-refractivity contribution >= 4 is 0 Å². The average Bonchev–Trinajstić information content (AvgIpc) is 3.01. The van der Waals surface area contributed by atoms with Gasteiger partial charge in [-0.15, -0.1) is 0 Å². The predicted molar refractivity (Wildman–Crippen MR) is 54.8 cm³/mol. The van der Waals surface area contributed by atoms with Gasteiger partial charge < -0.3 is 9.84 Å². The average molecular weight is 228 g/mol. The van der Waals surface area contributed by atoms with Gasteiger partial charge in [-0.2, -0.15) is 0 Å². The van der Waals surface area contributed by atoms with Gasteiger partial charge in [-0.3, -0.25) is 0 Å². The Kier molecular flexibility index (Phi) is 3.21. The topological polar surface area (TPSA) is 29.5 Å². The highest BCUT2D eigenvalue weighted by Gasteiger charge is 2.36. The summed E-state index contributed by atoms with van der Waals surface area (Å²) in [7, 11) is 1.50. The lowest BCUT2D eigenvalue weighted by atomic mass is 10.0. The van der Waals surface area contributed by atoms with Crippen molar-refractivity contribution in [3.8, 4) is 0 Å². The second kappa shape index (κ2) is 4.47. The van der Waals surface area contributed by atoms with Crippen molar-refractivity contribution in [2.75, 3.05) is 7.11 Å². The Balaban J connectivity index is 2.21. The highest BCUT2D eigenvalue weighted by molar-refractivity contribution is 5.21. The molecule has 0 amide bonds. The molecule has 1 aliphatic rings. The SMILES string of the molecule is COC(C1CC1)C(O)c1cc(F)cc(F)c1. The Morgan fingerprint density at radius 2 is 1.81 bits per heavy atom. The molecule has 1 N–H and O–H groups in total. The number of hydrogen-bond acceptors (Lipinski definition) is 2. The summed E-state index contributed by atoms with van der Waals surface area (Å²) in [5.74, 6) is -1.06. The first-order chi connectivity index (χ1) is 7.61. The second-order valence-corrected chi connectivity index (χ2v) is 4.19. The van der Waals surface area contributed by atoms with E-state index in [0.29, 0.717) is 5.92 Å². The number of aliphatic hydroxyl groups is 1. The van der Waals surface area contributed by atoms with Crippen molar-refractivity contribution < 1.29 is 18.6 Å². The molecule has 0 spiro atoms. The minimum atomic E-state index is -0.970. The third-order valence-electron chi connectivity index (χ3n) is 2.90. The normalized spacial score (nSPS) is 19.5. The molecule has 2 rings (SSSR count). The van der Waals surface area contributed by atoms with E-state index in [0.717, 1.165) is 31.0 Å². The minimum absolute atomic E-state index is 0.233. The number of benzene rings is 1. The van der Waals surface area contributed by atoms with E-state index in [9.17, 15) is 13.9 Å². The highest BCUT2D eigenvalue weighted by Crippen LogP contribution is 2.39. The molecule has 1 fully saturated rings. The molecule has 16 heavy (non-hydrogen) atoms. The van der Waals surface area contributed by atoms with Crippen molar-refractivity contribution in [3.63, 3.8) is 0 Å². The van der Waals surface area contributed by atoms with E-state index in [2.05, 4.69) is 0 Å². The summed E-state index contributed by atoms with van der Waals surface area (Å²) in [6.45, 7) is 0. The first kappa shape index (κ1) is 11.5. The summed E-state index contributed by atoms with van der Waals surface area (Å²) in [6.07, 6.45) is 0.643. The molecule has 2 atom stereocenters. The lowest BCUT2D eigenvalue weighted by Gasteiger charge is -2.21. The van der Waals surface area contributed by atoms with Gasteiger partial charge in [-0.05, 0) is 36.5 Å². The molecular formula is C12H14F2O2. The molecule has 4 heteroatoms. The van der Waals surface area contributed by atoms with Gasteiger partial charge in [-0.25, -0.2) is 8.78 Å². The van der Waals surface area contributed by atoms with Gasteiger partial charge in [0, 0.05) is 13.2 Å². The van der Waals surface area contributed by atoms with E-state index < -0.39 is 17.7 Å². The van der Waals surface area contributed by atoms with Gasteiger partial charge >= 0.3 is 0 Å². The molecule has 2 nitrogen and oxygen atoms in total. The molecule has 0 heterocycles. The number of rotatable bonds is 4. The number of ether oxygens (including phenoxy) is 1. The monoisotopic (exact) mass is 228 g/mol. The maximum Gasteiger partial charge on any atom is 0.126 e. The minimum Gasteiger partial charge on any atom is -0.386 e. The van der Waals surface area contributed by atoms with Crippen molar-refractivity contribution in [3.05, 3.63) is 35.4 Å². The summed E-state index contributed by atoms with van der Waals surface area (Å²) < 4.78 is 31.1. The van der Waals surface area contributed by atoms with Crippen LogP contribution in [-0.4, -0.2) is 18.3 Å².